The van der Waals surface area contributed by atoms with Crippen LogP contribution in [0.2, 0.25) is 0 Å². The average Bonchev–Trinajstić information content (AvgIpc) is 2.77. The third-order valence-corrected chi connectivity index (χ3v) is 1.91. The Balaban J connectivity index is 2.64. The van der Waals surface area contributed by atoms with Crippen LogP contribution in [-0.2, 0) is 0 Å². The summed E-state index contributed by atoms with van der Waals surface area (Å²) in [5.74, 6) is -1.58. The summed E-state index contributed by atoms with van der Waals surface area (Å²) in [6, 6.07) is 8.41. The fourth-order valence-electron chi connectivity index (χ4n) is 1.24. The van der Waals surface area contributed by atoms with Gasteiger partial charge in [0.05, 0.1) is 11.3 Å². The van der Waals surface area contributed by atoms with E-state index in [1.54, 1.807) is 24.3 Å². The van der Waals surface area contributed by atoms with Gasteiger partial charge >= 0.3 is 5.97 Å². The van der Waals surface area contributed by atoms with Gasteiger partial charge in [0.1, 0.15) is 6.07 Å². The van der Waals surface area contributed by atoms with E-state index in [0.29, 0.717) is 11.3 Å². The molecule has 0 unspecified atom stereocenters. The molecule has 0 aliphatic carbocycles. The van der Waals surface area contributed by atoms with Crippen molar-refractivity contribution in [1.29, 1.82) is 5.26 Å². The van der Waals surface area contributed by atoms with Crippen LogP contribution in [0.4, 0.5) is 0 Å². The van der Waals surface area contributed by atoms with Crippen molar-refractivity contribution in [3.63, 3.8) is 0 Å². The largest absolute Gasteiger partial charge is 0.475 e. The van der Waals surface area contributed by atoms with Gasteiger partial charge in [0, 0.05) is 0 Å². The van der Waals surface area contributed by atoms with E-state index in [0.717, 1.165) is 4.68 Å². The number of rotatable bonds is 2. The average molecular weight is 215 g/mol. The number of hydrogen-bond donors (Lipinski definition) is 1. The maximum Gasteiger partial charge on any atom is 0.376 e. The Bertz CT molecular complexity index is 584. The van der Waals surface area contributed by atoms with Crippen LogP contribution in [0, 0.1) is 11.3 Å². The Hall–Kier alpha value is -2.75. The standard InChI is InChI=1S/C9H5N5O2/c10-5-6-3-1-2-4-7(6)14-8(9(15)16)11-12-13-14/h1-4H,(H,15,16). The van der Waals surface area contributed by atoms with Crippen LogP contribution < -0.4 is 0 Å². The van der Waals surface area contributed by atoms with Gasteiger partial charge in [-0.05, 0) is 22.6 Å². The minimum absolute atomic E-state index is 0.303. The number of para-hydroxylation sites is 1. The normalized spacial score (nSPS) is 9.69. The number of carboxylic acids is 1. The predicted octanol–water partition coefficient (Wildman–Crippen LogP) is 0.232. The van der Waals surface area contributed by atoms with E-state index in [2.05, 4.69) is 15.5 Å². The van der Waals surface area contributed by atoms with Crippen LogP contribution in [-0.4, -0.2) is 31.3 Å². The lowest BCUT2D eigenvalue weighted by molar-refractivity contribution is 0.0680. The van der Waals surface area contributed by atoms with Gasteiger partial charge in [-0.1, -0.05) is 12.1 Å². The van der Waals surface area contributed by atoms with Gasteiger partial charge in [-0.15, -0.1) is 5.10 Å². The zero-order valence-electron chi connectivity index (χ0n) is 7.90. The quantitative estimate of drug-likeness (QED) is 0.768. The first-order chi connectivity index (χ1) is 7.74. The first-order valence-corrected chi connectivity index (χ1v) is 4.25. The van der Waals surface area contributed by atoms with Crippen molar-refractivity contribution in [3.8, 4) is 11.8 Å². The Morgan fingerprint density at radius 1 is 1.44 bits per heavy atom. The summed E-state index contributed by atoms with van der Waals surface area (Å²) >= 11 is 0. The van der Waals surface area contributed by atoms with Crippen molar-refractivity contribution >= 4 is 5.97 Å². The van der Waals surface area contributed by atoms with Gasteiger partial charge in [0.25, 0.3) is 5.82 Å². The Labute approximate surface area is 89.6 Å². The number of aromatic nitrogens is 4. The third-order valence-electron chi connectivity index (χ3n) is 1.91. The summed E-state index contributed by atoms with van der Waals surface area (Å²) in [5.41, 5.74) is 0.643. The second-order valence-electron chi connectivity index (χ2n) is 2.85. The molecule has 0 aliphatic heterocycles. The van der Waals surface area contributed by atoms with Gasteiger partial charge in [-0.25, -0.2) is 4.79 Å². The molecular formula is C9H5N5O2. The van der Waals surface area contributed by atoms with E-state index in [1.807, 2.05) is 6.07 Å². The molecule has 16 heavy (non-hydrogen) atoms. The second-order valence-corrected chi connectivity index (χ2v) is 2.85. The number of benzene rings is 1. The molecular weight excluding hydrogens is 210 g/mol. The molecule has 0 saturated heterocycles. The van der Waals surface area contributed by atoms with Gasteiger partial charge < -0.3 is 5.11 Å². The molecule has 78 valence electrons. The minimum atomic E-state index is -1.25. The monoisotopic (exact) mass is 215 g/mol. The van der Waals surface area contributed by atoms with Crippen LogP contribution in [0.3, 0.4) is 0 Å². The fourth-order valence-corrected chi connectivity index (χ4v) is 1.24. The number of carbonyl (C=O) groups is 1. The van der Waals surface area contributed by atoms with E-state index in [4.69, 9.17) is 10.4 Å². The minimum Gasteiger partial charge on any atom is -0.475 e. The highest BCUT2D eigenvalue weighted by atomic mass is 16.4. The molecule has 0 spiro atoms. The summed E-state index contributed by atoms with van der Waals surface area (Å²) in [6.07, 6.45) is 0. The highest BCUT2D eigenvalue weighted by Crippen LogP contribution is 2.13. The molecule has 0 saturated carbocycles. The SMILES string of the molecule is N#Cc1ccccc1-n1nnnc1C(=O)O. The third kappa shape index (κ3) is 1.48. The van der Waals surface area contributed by atoms with Gasteiger partial charge in [0.15, 0.2) is 0 Å². The van der Waals surface area contributed by atoms with Crippen molar-refractivity contribution in [2.24, 2.45) is 0 Å². The molecule has 0 aliphatic rings. The summed E-state index contributed by atoms with van der Waals surface area (Å²) in [6.45, 7) is 0. The number of aromatic carboxylic acids is 1. The zero-order valence-corrected chi connectivity index (χ0v) is 7.90. The topological polar surface area (TPSA) is 105 Å². The van der Waals surface area contributed by atoms with Crippen molar-refractivity contribution in [3.05, 3.63) is 35.7 Å². The first-order valence-electron chi connectivity index (χ1n) is 4.25. The van der Waals surface area contributed by atoms with Crippen LogP contribution in [0.15, 0.2) is 24.3 Å². The van der Waals surface area contributed by atoms with Crippen molar-refractivity contribution in [1.82, 2.24) is 20.2 Å². The van der Waals surface area contributed by atoms with Crippen molar-refractivity contribution in [2.75, 3.05) is 0 Å². The highest BCUT2D eigenvalue weighted by molar-refractivity contribution is 5.83. The van der Waals surface area contributed by atoms with Crippen LogP contribution in [0.25, 0.3) is 5.69 Å². The molecule has 0 radical (unpaired) electrons. The summed E-state index contributed by atoms with van der Waals surface area (Å²) in [4.78, 5) is 10.8. The number of tetrazole rings is 1. The summed E-state index contributed by atoms with van der Waals surface area (Å²) < 4.78 is 1.01. The van der Waals surface area contributed by atoms with Gasteiger partial charge in [-0.3, -0.25) is 0 Å². The van der Waals surface area contributed by atoms with Crippen molar-refractivity contribution in [2.45, 2.75) is 0 Å². The molecule has 0 amide bonds. The number of hydrogen-bond acceptors (Lipinski definition) is 5. The molecule has 0 fully saturated rings. The molecule has 1 aromatic heterocycles. The first kappa shape index (κ1) is 9.79. The van der Waals surface area contributed by atoms with E-state index in [1.165, 1.54) is 0 Å². The van der Waals surface area contributed by atoms with E-state index in [9.17, 15) is 4.79 Å². The van der Waals surface area contributed by atoms with Crippen LogP contribution >= 0.6 is 0 Å². The number of nitrogens with zero attached hydrogens (tertiary/aromatic N) is 5. The lowest BCUT2D eigenvalue weighted by Crippen LogP contribution is -2.10. The Morgan fingerprint density at radius 2 is 2.19 bits per heavy atom. The van der Waals surface area contributed by atoms with Crippen LogP contribution in [0.5, 0.6) is 0 Å². The summed E-state index contributed by atoms with van der Waals surface area (Å²) in [7, 11) is 0. The van der Waals surface area contributed by atoms with Gasteiger partial charge in [0.2, 0.25) is 0 Å². The molecule has 2 rings (SSSR count). The van der Waals surface area contributed by atoms with E-state index < -0.39 is 5.97 Å². The Morgan fingerprint density at radius 3 is 2.88 bits per heavy atom. The molecule has 1 aromatic carbocycles. The van der Waals surface area contributed by atoms with Crippen LogP contribution in [0.1, 0.15) is 16.2 Å². The number of nitriles is 1. The highest BCUT2D eigenvalue weighted by Gasteiger charge is 2.17. The molecule has 7 heteroatoms. The number of carboxylic acid groups (broad SMARTS) is 1. The maximum atomic E-state index is 10.8. The second kappa shape index (κ2) is 3.78. The Kier molecular flexibility index (Phi) is 2.31. The molecule has 0 bridgehead atoms. The molecule has 0 atom stereocenters. The molecule has 7 nitrogen and oxygen atoms in total. The lowest BCUT2D eigenvalue weighted by Gasteiger charge is -2.02. The smallest absolute Gasteiger partial charge is 0.376 e. The lowest BCUT2D eigenvalue weighted by atomic mass is 10.2. The summed E-state index contributed by atoms with van der Waals surface area (Å²) in [5, 5.41) is 27.9. The van der Waals surface area contributed by atoms with E-state index in [-0.39, 0.29) is 5.82 Å². The van der Waals surface area contributed by atoms with E-state index >= 15 is 0 Å². The van der Waals surface area contributed by atoms with Gasteiger partial charge in [-0.2, -0.15) is 9.94 Å². The van der Waals surface area contributed by atoms with Crippen molar-refractivity contribution < 1.29 is 9.90 Å². The zero-order chi connectivity index (χ0) is 11.5. The molecule has 1 heterocycles. The molecule has 2 aromatic rings. The molecule has 1 N–H and O–H groups in total. The predicted molar refractivity (Wildman–Crippen MR) is 50.8 cm³/mol. The fraction of sp³-hybridized carbons (Fsp3) is 0. The maximum absolute atomic E-state index is 10.8.